The quantitative estimate of drug-likeness (QED) is 0.269. The van der Waals surface area contributed by atoms with Gasteiger partial charge in [-0.3, -0.25) is 9.59 Å². The molecule has 1 rings (SSSR count). The Morgan fingerprint density at radius 2 is 1.61 bits per heavy atom. The molecule has 0 spiro atoms. The Kier molecular flexibility index (Phi) is 21.5. The summed E-state index contributed by atoms with van der Waals surface area (Å²) in [5, 5.41) is 44.7. The Morgan fingerprint density at radius 3 is 2.30 bits per heavy atom. The summed E-state index contributed by atoms with van der Waals surface area (Å²) >= 11 is 0. The highest BCUT2D eigenvalue weighted by Gasteiger charge is 2.27. The van der Waals surface area contributed by atoms with Gasteiger partial charge in [-0.25, -0.2) is 0 Å². The number of cyclic esters (lactones) is 1. The van der Waals surface area contributed by atoms with Crippen molar-refractivity contribution in [2.75, 3.05) is 20.3 Å². The van der Waals surface area contributed by atoms with Crippen LogP contribution in [0, 0.1) is 17.8 Å². The first-order chi connectivity index (χ1) is 21.0. The number of hydrogen-bond acceptors (Lipinski definition) is 8. The zero-order valence-corrected chi connectivity index (χ0v) is 28.1. The SMILES string of the molecule is CCCC1OC(=O)C(C)CC(C)CCCCC(O)CCCC(CC)C=CC=C(COC)CCC(O)C(O)CC(O)CNC1=O. The molecule has 0 saturated carbocycles. The van der Waals surface area contributed by atoms with Gasteiger partial charge in [-0.2, -0.15) is 0 Å². The van der Waals surface area contributed by atoms with Gasteiger partial charge in [-0.1, -0.05) is 78.0 Å². The van der Waals surface area contributed by atoms with Crippen molar-refractivity contribution in [1.82, 2.24) is 5.32 Å². The lowest BCUT2D eigenvalue weighted by Gasteiger charge is -2.23. The lowest BCUT2D eigenvalue weighted by molar-refractivity contribution is -0.160. The molecule has 1 amide bonds. The molecule has 256 valence electrons. The molecule has 0 saturated heterocycles. The number of methoxy groups -OCH3 is 1. The molecule has 0 aliphatic carbocycles. The molecule has 0 radical (unpaired) electrons. The van der Waals surface area contributed by atoms with E-state index >= 15 is 0 Å². The van der Waals surface area contributed by atoms with Crippen LogP contribution in [0.3, 0.4) is 0 Å². The van der Waals surface area contributed by atoms with Gasteiger partial charge in [-0.05, 0) is 68.8 Å². The maximum absolute atomic E-state index is 12.8. The van der Waals surface area contributed by atoms with Crippen LogP contribution in [0.4, 0.5) is 0 Å². The summed E-state index contributed by atoms with van der Waals surface area (Å²) in [6.45, 7) is 8.29. The van der Waals surface area contributed by atoms with Gasteiger partial charge in [0.1, 0.15) is 0 Å². The molecule has 0 bridgehead atoms. The molecule has 0 aromatic heterocycles. The van der Waals surface area contributed by atoms with Crippen molar-refractivity contribution in [3.05, 3.63) is 23.8 Å². The van der Waals surface area contributed by atoms with E-state index in [1.165, 1.54) is 0 Å². The molecule has 1 aliphatic heterocycles. The van der Waals surface area contributed by atoms with Crippen LogP contribution in [0.5, 0.6) is 0 Å². The molecule has 8 atom stereocenters. The second kappa shape index (κ2) is 23.5. The third-order valence-electron chi connectivity index (χ3n) is 8.66. The number of allylic oxidation sites excluding steroid dienone is 3. The zero-order chi connectivity index (χ0) is 32.9. The number of aliphatic hydroxyl groups excluding tert-OH is 4. The number of carbonyl (C=O) groups excluding carboxylic acids is 2. The second-order valence-electron chi connectivity index (χ2n) is 12.9. The number of nitrogens with one attached hydrogen (secondary N) is 1. The van der Waals surface area contributed by atoms with E-state index in [1.54, 1.807) is 7.11 Å². The smallest absolute Gasteiger partial charge is 0.309 e. The van der Waals surface area contributed by atoms with E-state index in [0.717, 1.165) is 56.9 Å². The number of aliphatic hydroxyl groups is 4. The molecule has 1 aliphatic rings. The molecule has 9 nitrogen and oxygen atoms in total. The topological polar surface area (TPSA) is 146 Å². The van der Waals surface area contributed by atoms with Crippen molar-refractivity contribution in [2.45, 2.75) is 148 Å². The fourth-order valence-electron chi connectivity index (χ4n) is 5.76. The molecule has 8 unspecified atom stereocenters. The van der Waals surface area contributed by atoms with Crippen LogP contribution in [0.25, 0.3) is 0 Å². The van der Waals surface area contributed by atoms with Gasteiger partial charge >= 0.3 is 5.97 Å². The first-order valence-corrected chi connectivity index (χ1v) is 17.1. The maximum atomic E-state index is 12.8. The molecule has 5 N–H and O–H groups in total. The number of esters is 1. The standard InChI is InChI=1S/C35H63NO8/c1-6-12-33-34(41)36-23-30(38)22-32(40)31(39)20-19-28(24-43-5)16-10-14-27(7-2)15-11-18-29(37)17-9-8-13-25(3)21-26(4)35(42)44-33/h10,14,16,25-27,29-33,37-40H,6-9,11-13,15,17-24H2,1-5H3,(H,36,41). The third-order valence-corrected chi connectivity index (χ3v) is 8.66. The van der Waals surface area contributed by atoms with Gasteiger partial charge in [0, 0.05) is 20.1 Å². The Hall–Kier alpha value is -1.78. The van der Waals surface area contributed by atoms with Gasteiger partial charge in [-0.15, -0.1) is 0 Å². The fraction of sp³-hybridized carbons (Fsp3) is 0.829. The Bertz CT molecular complexity index is 847. The molecular formula is C35H63NO8. The van der Waals surface area contributed by atoms with Crippen molar-refractivity contribution in [2.24, 2.45) is 17.8 Å². The van der Waals surface area contributed by atoms with Crippen molar-refractivity contribution in [1.29, 1.82) is 0 Å². The minimum atomic E-state index is -1.17. The minimum Gasteiger partial charge on any atom is -0.452 e. The lowest BCUT2D eigenvalue weighted by Crippen LogP contribution is -2.43. The monoisotopic (exact) mass is 625 g/mol. The third kappa shape index (κ3) is 17.6. The van der Waals surface area contributed by atoms with Crippen molar-refractivity contribution >= 4 is 11.9 Å². The summed E-state index contributed by atoms with van der Waals surface area (Å²) in [6, 6.07) is 0. The van der Waals surface area contributed by atoms with E-state index in [4.69, 9.17) is 9.47 Å². The first kappa shape index (κ1) is 40.2. The number of rotatable bonds is 5. The lowest BCUT2D eigenvalue weighted by atomic mass is 9.92. The van der Waals surface area contributed by atoms with Crippen LogP contribution < -0.4 is 5.32 Å². The van der Waals surface area contributed by atoms with E-state index in [2.05, 4.69) is 25.2 Å². The van der Waals surface area contributed by atoms with Crippen LogP contribution in [-0.4, -0.2) is 83.1 Å². The predicted molar refractivity (Wildman–Crippen MR) is 174 cm³/mol. The number of hydrogen-bond donors (Lipinski definition) is 5. The average Bonchev–Trinajstić information content (AvgIpc) is 2.98. The van der Waals surface area contributed by atoms with Crippen molar-refractivity contribution in [3.63, 3.8) is 0 Å². The highest BCUT2D eigenvalue weighted by molar-refractivity contribution is 5.84. The van der Waals surface area contributed by atoms with Crippen LogP contribution in [0.1, 0.15) is 118 Å². The molecule has 0 fully saturated rings. The number of carbonyl (C=O) groups is 2. The fourth-order valence-corrected chi connectivity index (χ4v) is 5.76. The van der Waals surface area contributed by atoms with Crippen molar-refractivity contribution < 1.29 is 39.5 Å². The molecule has 0 aromatic carbocycles. The van der Waals surface area contributed by atoms with E-state index in [-0.39, 0.29) is 25.0 Å². The van der Waals surface area contributed by atoms with Crippen LogP contribution in [0.2, 0.25) is 0 Å². The van der Waals surface area contributed by atoms with Crippen molar-refractivity contribution in [3.8, 4) is 0 Å². The molecular weight excluding hydrogens is 562 g/mol. The summed E-state index contributed by atoms with van der Waals surface area (Å²) in [5.74, 6) is -0.511. The van der Waals surface area contributed by atoms with E-state index < -0.39 is 36.3 Å². The first-order valence-electron chi connectivity index (χ1n) is 17.1. The number of ether oxygens (including phenoxy) is 2. The largest absolute Gasteiger partial charge is 0.452 e. The molecule has 44 heavy (non-hydrogen) atoms. The highest BCUT2D eigenvalue weighted by atomic mass is 16.5. The summed E-state index contributed by atoms with van der Waals surface area (Å²) in [4.78, 5) is 25.7. The Balaban J connectivity index is 2.95. The maximum Gasteiger partial charge on any atom is 0.309 e. The van der Waals surface area contributed by atoms with Gasteiger partial charge < -0.3 is 35.2 Å². The highest BCUT2D eigenvalue weighted by Crippen LogP contribution is 2.22. The van der Waals surface area contributed by atoms with Gasteiger partial charge in [0.25, 0.3) is 5.91 Å². The average molecular weight is 626 g/mol. The Labute approximate surface area is 266 Å². The van der Waals surface area contributed by atoms with Crippen LogP contribution in [0.15, 0.2) is 23.8 Å². The second-order valence-corrected chi connectivity index (χ2v) is 12.9. The van der Waals surface area contributed by atoms with Crippen LogP contribution in [-0.2, 0) is 19.1 Å². The van der Waals surface area contributed by atoms with Gasteiger partial charge in [0.15, 0.2) is 6.10 Å². The normalized spacial score (nSPS) is 32.5. The molecule has 0 aromatic rings. The van der Waals surface area contributed by atoms with Crippen LogP contribution >= 0.6 is 0 Å². The minimum absolute atomic E-state index is 0.106. The van der Waals surface area contributed by atoms with Gasteiger partial charge in [0.2, 0.25) is 0 Å². The summed E-state index contributed by atoms with van der Waals surface area (Å²) in [5.41, 5.74) is 0.987. The molecule has 9 heteroatoms. The van der Waals surface area contributed by atoms with E-state index in [0.29, 0.717) is 50.5 Å². The Morgan fingerprint density at radius 1 is 0.909 bits per heavy atom. The summed E-state index contributed by atoms with van der Waals surface area (Å²) in [6.07, 6.45) is 11.5. The number of amides is 1. The summed E-state index contributed by atoms with van der Waals surface area (Å²) in [7, 11) is 1.62. The predicted octanol–water partition coefficient (Wildman–Crippen LogP) is 4.99. The summed E-state index contributed by atoms with van der Waals surface area (Å²) < 4.78 is 10.9. The van der Waals surface area contributed by atoms with E-state index in [1.807, 2.05) is 26.0 Å². The number of β-amino-alcohol motifs (C(OH)–C–C–N with tert-alkyl or cyclic N) is 1. The van der Waals surface area contributed by atoms with Gasteiger partial charge in [0.05, 0.1) is 36.9 Å². The molecule has 1 heterocycles. The zero-order valence-electron chi connectivity index (χ0n) is 28.1. The van der Waals surface area contributed by atoms with E-state index in [9.17, 15) is 30.0 Å².